The van der Waals surface area contributed by atoms with Crippen molar-refractivity contribution in [2.24, 2.45) is 0 Å². The molecule has 0 heterocycles. The van der Waals surface area contributed by atoms with Gasteiger partial charge in [0.1, 0.15) is 11.9 Å². The van der Waals surface area contributed by atoms with E-state index in [1.165, 1.54) is 24.3 Å². The first-order valence-corrected chi connectivity index (χ1v) is 6.35. The van der Waals surface area contributed by atoms with Crippen molar-refractivity contribution in [3.05, 3.63) is 78.4 Å². The molecule has 1 unspecified atom stereocenters. The first-order valence-electron chi connectivity index (χ1n) is 6.35. The molecule has 0 aliphatic heterocycles. The molecule has 20 heavy (non-hydrogen) atoms. The number of aromatic hydroxyl groups is 1. The van der Waals surface area contributed by atoms with Gasteiger partial charge in [-0.05, 0) is 29.8 Å². The van der Waals surface area contributed by atoms with Crippen LogP contribution >= 0.6 is 0 Å². The summed E-state index contributed by atoms with van der Waals surface area (Å²) in [5, 5.41) is 9.19. The Morgan fingerprint density at radius 2 is 1.80 bits per heavy atom. The van der Waals surface area contributed by atoms with E-state index >= 15 is 0 Å². The maximum absolute atomic E-state index is 12.0. The van der Waals surface area contributed by atoms with Gasteiger partial charge in [0.05, 0.1) is 5.56 Å². The molecule has 102 valence electrons. The fourth-order valence-corrected chi connectivity index (χ4v) is 1.82. The highest BCUT2D eigenvalue weighted by Gasteiger charge is 2.13. The molecular weight excluding hydrogens is 252 g/mol. The fourth-order valence-electron chi connectivity index (χ4n) is 1.82. The number of ether oxygens (including phenoxy) is 1. The Labute approximate surface area is 118 Å². The molecule has 0 spiro atoms. The average molecular weight is 268 g/mol. The van der Waals surface area contributed by atoms with Crippen molar-refractivity contribution in [1.29, 1.82) is 0 Å². The first kappa shape index (κ1) is 13.9. The number of phenols is 1. The summed E-state index contributed by atoms with van der Waals surface area (Å²) in [5.41, 5.74) is 1.48. The molecule has 1 N–H and O–H groups in total. The fraction of sp³-hybridized carbons (Fsp3) is 0.118. The van der Waals surface area contributed by atoms with Gasteiger partial charge in [-0.25, -0.2) is 4.79 Å². The summed E-state index contributed by atoms with van der Waals surface area (Å²) < 4.78 is 5.39. The van der Waals surface area contributed by atoms with Gasteiger partial charge in [0, 0.05) is 6.42 Å². The molecule has 2 aromatic rings. The van der Waals surface area contributed by atoms with Crippen LogP contribution in [0.5, 0.6) is 5.75 Å². The number of hydrogen-bond acceptors (Lipinski definition) is 3. The molecule has 2 aromatic carbocycles. The second kappa shape index (κ2) is 6.57. The Bertz CT molecular complexity index is 573. The van der Waals surface area contributed by atoms with Gasteiger partial charge in [0.2, 0.25) is 0 Å². The summed E-state index contributed by atoms with van der Waals surface area (Å²) >= 11 is 0. The van der Waals surface area contributed by atoms with E-state index in [0.29, 0.717) is 12.0 Å². The molecule has 3 heteroatoms. The van der Waals surface area contributed by atoms with Gasteiger partial charge in [-0.3, -0.25) is 0 Å². The van der Waals surface area contributed by atoms with Gasteiger partial charge in [0.25, 0.3) is 0 Å². The number of carbonyl (C=O) groups is 1. The lowest BCUT2D eigenvalue weighted by atomic mass is 10.1. The molecule has 0 aliphatic carbocycles. The molecule has 0 radical (unpaired) electrons. The van der Waals surface area contributed by atoms with Crippen molar-refractivity contribution >= 4 is 5.97 Å². The maximum Gasteiger partial charge on any atom is 0.338 e. The lowest BCUT2D eigenvalue weighted by molar-refractivity contribution is 0.0396. The van der Waals surface area contributed by atoms with Crippen LogP contribution in [-0.2, 0) is 11.2 Å². The van der Waals surface area contributed by atoms with Crippen molar-refractivity contribution in [3.63, 3.8) is 0 Å². The van der Waals surface area contributed by atoms with E-state index in [2.05, 4.69) is 6.58 Å². The zero-order valence-corrected chi connectivity index (χ0v) is 11.0. The Morgan fingerprint density at radius 1 is 1.15 bits per heavy atom. The zero-order valence-electron chi connectivity index (χ0n) is 11.0. The van der Waals surface area contributed by atoms with Gasteiger partial charge >= 0.3 is 5.97 Å². The van der Waals surface area contributed by atoms with Crippen molar-refractivity contribution in [2.75, 3.05) is 0 Å². The Balaban J connectivity index is 2.01. The van der Waals surface area contributed by atoms with E-state index in [4.69, 9.17) is 4.74 Å². The van der Waals surface area contributed by atoms with E-state index in [-0.39, 0.29) is 11.9 Å². The van der Waals surface area contributed by atoms with Crippen LogP contribution in [0.2, 0.25) is 0 Å². The summed E-state index contributed by atoms with van der Waals surface area (Å²) in [6.07, 6.45) is 1.83. The van der Waals surface area contributed by atoms with Crippen LogP contribution in [-0.4, -0.2) is 17.2 Å². The monoisotopic (exact) mass is 268 g/mol. The van der Waals surface area contributed by atoms with Gasteiger partial charge in [-0.2, -0.15) is 0 Å². The predicted octanol–water partition coefficient (Wildman–Crippen LogP) is 3.35. The molecule has 1 atom stereocenters. The quantitative estimate of drug-likeness (QED) is 0.668. The van der Waals surface area contributed by atoms with E-state index in [1.807, 2.05) is 30.3 Å². The molecule has 0 fully saturated rings. The predicted molar refractivity (Wildman–Crippen MR) is 77.7 cm³/mol. The molecule has 2 rings (SSSR count). The molecule has 3 nitrogen and oxygen atoms in total. The van der Waals surface area contributed by atoms with Gasteiger partial charge in [-0.1, -0.05) is 43.0 Å². The maximum atomic E-state index is 12.0. The number of rotatable bonds is 5. The number of phenolic OH excluding ortho intramolecular Hbond substituents is 1. The highest BCUT2D eigenvalue weighted by atomic mass is 16.5. The Hall–Kier alpha value is -2.55. The number of esters is 1. The third kappa shape index (κ3) is 3.72. The SMILES string of the molecule is C=CC(Cc1ccccc1)OC(=O)c1ccc(O)cc1. The van der Waals surface area contributed by atoms with Crippen LogP contribution in [0.1, 0.15) is 15.9 Å². The smallest absolute Gasteiger partial charge is 0.338 e. The van der Waals surface area contributed by atoms with Crippen LogP contribution < -0.4 is 0 Å². The summed E-state index contributed by atoms with van der Waals surface area (Å²) in [6.45, 7) is 3.70. The molecule has 0 saturated heterocycles. The largest absolute Gasteiger partial charge is 0.508 e. The van der Waals surface area contributed by atoms with Crippen LogP contribution in [0.15, 0.2) is 67.3 Å². The van der Waals surface area contributed by atoms with Crippen LogP contribution in [0.25, 0.3) is 0 Å². The minimum absolute atomic E-state index is 0.117. The van der Waals surface area contributed by atoms with Crippen molar-refractivity contribution in [3.8, 4) is 5.75 Å². The molecular formula is C17H16O3. The van der Waals surface area contributed by atoms with Gasteiger partial charge in [0.15, 0.2) is 0 Å². The van der Waals surface area contributed by atoms with Crippen LogP contribution in [0.4, 0.5) is 0 Å². The normalized spacial score (nSPS) is 11.6. The van der Waals surface area contributed by atoms with Crippen molar-refractivity contribution in [2.45, 2.75) is 12.5 Å². The third-order valence-corrected chi connectivity index (χ3v) is 2.90. The van der Waals surface area contributed by atoms with E-state index in [1.54, 1.807) is 6.08 Å². The zero-order chi connectivity index (χ0) is 14.4. The van der Waals surface area contributed by atoms with E-state index < -0.39 is 5.97 Å². The third-order valence-electron chi connectivity index (χ3n) is 2.90. The average Bonchev–Trinajstić information content (AvgIpc) is 2.48. The van der Waals surface area contributed by atoms with Crippen LogP contribution in [0, 0.1) is 0 Å². The lowest BCUT2D eigenvalue weighted by Crippen LogP contribution is -2.18. The summed E-state index contributed by atoms with van der Waals surface area (Å²) in [4.78, 5) is 12.0. The summed E-state index contributed by atoms with van der Waals surface area (Å²) in [6, 6.07) is 15.7. The topological polar surface area (TPSA) is 46.5 Å². The minimum atomic E-state index is -0.425. The molecule has 0 bridgehead atoms. The second-order valence-corrected chi connectivity index (χ2v) is 4.42. The second-order valence-electron chi connectivity index (χ2n) is 4.42. The summed E-state index contributed by atoms with van der Waals surface area (Å²) in [5.74, 6) is -0.308. The van der Waals surface area contributed by atoms with Crippen molar-refractivity contribution in [1.82, 2.24) is 0 Å². The number of benzene rings is 2. The lowest BCUT2D eigenvalue weighted by Gasteiger charge is -2.14. The van der Waals surface area contributed by atoms with Gasteiger partial charge in [-0.15, -0.1) is 0 Å². The number of hydrogen-bond donors (Lipinski definition) is 1. The highest BCUT2D eigenvalue weighted by Crippen LogP contribution is 2.13. The molecule has 0 aliphatic rings. The molecule has 0 saturated carbocycles. The van der Waals surface area contributed by atoms with Gasteiger partial charge < -0.3 is 9.84 Å². The van der Waals surface area contributed by atoms with Crippen LogP contribution in [0.3, 0.4) is 0 Å². The van der Waals surface area contributed by atoms with E-state index in [0.717, 1.165) is 5.56 Å². The summed E-state index contributed by atoms with van der Waals surface area (Å²) in [7, 11) is 0. The Morgan fingerprint density at radius 3 is 2.40 bits per heavy atom. The molecule has 0 aromatic heterocycles. The Kier molecular flexibility index (Phi) is 4.56. The van der Waals surface area contributed by atoms with E-state index in [9.17, 15) is 9.90 Å². The molecule has 0 amide bonds. The number of carbonyl (C=O) groups excluding carboxylic acids is 1. The highest BCUT2D eigenvalue weighted by molar-refractivity contribution is 5.89. The van der Waals surface area contributed by atoms with Crippen molar-refractivity contribution < 1.29 is 14.6 Å². The first-order chi connectivity index (χ1) is 9.69. The minimum Gasteiger partial charge on any atom is -0.508 e. The standard InChI is InChI=1S/C17H16O3/c1-2-16(12-13-6-4-3-5-7-13)20-17(19)14-8-10-15(18)11-9-14/h2-11,16,18H,1,12H2.